The van der Waals surface area contributed by atoms with E-state index in [0.29, 0.717) is 12.3 Å². The number of benzene rings is 2. The lowest BCUT2D eigenvalue weighted by Gasteiger charge is -2.23. The zero-order valence-electron chi connectivity index (χ0n) is 13.5. The number of nitrogens with zero attached hydrogens (tertiary/aromatic N) is 2. The predicted molar refractivity (Wildman–Crippen MR) is 106 cm³/mol. The Hall–Kier alpha value is -1.98. The minimum atomic E-state index is 0.0662. The molecule has 3 aromatic rings. The molecule has 1 aromatic heterocycles. The van der Waals surface area contributed by atoms with Gasteiger partial charge < -0.3 is 9.47 Å². The molecule has 1 amide bonds. The van der Waals surface area contributed by atoms with Crippen molar-refractivity contribution in [3.8, 4) is 5.69 Å². The number of thioether (sulfide) groups is 1. The van der Waals surface area contributed by atoms with Gasteiger partial charge in [-0.25, -0.2) is 0 Å². The molecular weight excluding hydrogens is 396 g/mol. The fourth-order valence-electron chi connectivity index (χ4n) is 3.05. The van der Waals surface area contributed by atoms with Crippen molar-refractivity contribution in [1.82, 2.24) is 9.47 Å². The number of hydrogen-bond acceptors (Lipinski definition) is 2. The van der Waals surface area contributed by atoms with Crippen molar-refractivity contribution >= 4 is 33.6 Å². The van der Waals surface area contributed by atoms with Gasteiger partial charge in [-0.2, -0.15) is 0 Å². The van der Waals surface area contributed by atoms with Crippen LogP contribution in [0.4, 0.5) is 0 Å². The maximum atomic E-state index is 12.4. The highest BCUT2D eigenvalue weighted by Crippen LogP contribution is 2.40. The van der Waals surface area contributed by atoms with E-state index in [2.05, 4.69) is 57.2 Å². The van der Waals surface area contributed by atoms with Crippen LogP contribution in [-0.4, -0.2) is 21.1 Å². The molecule has 4 rings (SSSR count). The number of carbonyl (C=O) groups excluding carboxylic acids is 1. The third-order valence-electron chi connectivity index (χ3n) is 4.30. The minimum absolute atomic E-state index is 0.0662. The number of aromatic nitrogens is 1. The summed E-state index contributed by atoms with van der Waals surface area (Å²) in [5, 5.41) is 0.0662. The van der Waals surface area contributed by atoms with Crippen LogP contribution in [0.2, 0.25) is 0 Å². The molecule has 1 aliphatic heterocycles. The van der Waals surface area contributed by atoms with Crippen LogP contribution in [0.15, 0.2) is 77.5 Å². The fourth-order valence-corrected chi connectivity index (χ4v) is 4.71. The van der Waals surface area contributed by atoms with Crippen molar-refractivity contribution in [3.05, 3.63) is 88.7 Å². The lowest BCUT2D eigenvalue weighted by atomic mass is 10.2. The summed E-state index contributed by atoms with van der Waals surface area (Å²) in [4.78, 5) is 14.4. The SMILES string of the molecule is O=C1CSC(c2ccn(-c3ccccc3Br)c2)N1Cc1ccccc1. The molecule has 0 bridgehead atoms. The number of halogens is 1. The molecule has 1 saturated heterocycles. The zero-order valence-corrected chi connectivity index (χ0v) is 15.9. The van der Waals surface area contributed by atoms with E-state index in [4.69, 9.17) is 0 Å². The topological polar surface area (TPSA) is 25.2 Å². The first-order valence-corrected chi connectivity index (χ1v) is 9.94. The Morgan fingerprint density at radius 1 is 1.04 bits per heavy atom. The fraction of sp³-hybridized carbons (Fsp3) is 0.150. The van der Waals surface area contributed by atoms with Crippen LogP contribution in [0, 0.1) is 0 Å². The number of amides is 1. The number of para-hydroxylation sites is 1. The van der Waals surface area contributed by atoms with Gasteiger partial charge in [0, 0.05) is 29.0 Å². The lowest BCUT2D eigenvalue weighted by Crippen LogP contribution is -2.27. The first kappa shape index (κ1) is 16.5. The maximum Gasteiger partial charge on any atom is 0.234 e. The summed E-state index contributed by atoms with van der Waals surface area (Å²) in [7, 11) is 0. The monoisotopic (exact) mass is 412 g/mol. The Bertz CT molecular complexity index is 893. The summed E-state index contributed by atoms with van der Waals surface area (Å²) in [6.45, 7) is 0.650. The first-order chi connectivity index (χ1) is 12.2. The number of hydrogen-bond donors (Lipinski definition) is 0. The van der Waals surface area contributed by atoms with Crippen molar-refractivity contribution in [2.24, 2.45) is 0 Å². The second-order valence-electron chi connectivity index (χ2n) is 5.97. The van der Waals surface area contributed by atoms with Crippen molar-refractivity contribution in [2.75, 3.05) is 5.75 Å². The van der Waals surface area contributed by atoms with Gasteiger partial charge in [-0.15, -0.1) is 11.8 Å². The number of carbonyl (C=O) groups is 1. The summed E-state index contributed by atoms with van der Waals surface area (Å²) in [5.41, 5.74) is 3.41. The lowest BCUT2D eigenvalue weighted by molar-refractivity contribution is -0.128. The van der Waals surface area contributed by atoms with Crippen molar-refractivity contribution in [1.29, 1.82) is 0 Å². The van der Waals surface area contributed by atoms with Gasteiger partial charge in [0.05, 0.1) is 11.4 Å². The summed E-state index contributed by atoms with van der Waals surface area (Å²) in [5.74, 6) is 0.741. The molecule has 25 heavy (non-hydrogen) atoms. The molecule has 1 unspecified atom stereocenters. The molecular formula is C20H17BrN2OS. The van der Waals surface area contributed by atoms with E-state index in [1.165, 1.54) is 0 Å². The van der Waals surface area contributed by atoms with E-state index in [1.807, 2.05) is 41.3 Å². The zero-order chi connectivity index (χ0) is 17.2. The summed E-state index contributed by atoms with van der Waals surface area (Å²) < 4.78 is 3.15. The van der Waals surface area contributed by atoms with Crippen LogP contribution in [0.3, 0.4) is 0 Å². The van der Waals surface area contributed by atoms with E-state index >= 15 is 0 Å². The largest absolute Gasteiger partial charge is 0.322 e. The van der Waals surface area contributed by atoms with E-state index < -0.39 is 0 Å². The highest BCUT2D eigenvalue weighted by molar-refractivity contribution is 9.10. The summed E-state index contributed by atoms with van der Waals surface area (Å²) >= 11 is 5.30. The van der Waals surface area contributed by atoms with Crippen LogP contribution in [0.25, 0.3) is 5.69 Å². The van der Waals surface area contributed by atoms with Crippen LogP contribution in [0.1, 0.15) is 16.5 Å². The Kier molecular flexibility index (Phi) is 4.68. The molecule has 2 heterocycles. The molecule has 1 aliphatic rings. The van der Waals surface area contributed by atoms with Crippen LogP contribution >= 0.6 is 27.7 Å². The maximum absolute atomic E-state index is 12.4. The Morgan fingerprint density at radius 3 is 2.60 bits per heavy atom. The highest BCUT2D eigenvalue weighted by Gasteiger charge is 2.33. The van der Waals surface area contributed by atoms with Crippen molar-refractivity contribution < 1.29 is 4.79 Å². The molecule has 0 aliphatic carbocycles. The number of rotatable bonds is 4. The molecule has 2 aromatic carbocycles. The van der Waals surface area contributed by atoms with Gasteiger partial charge in [0.1, 0.15) is 5.37 Å². The van der Waals surface area contributed by atoms with E-state index in [0.717, 1.165) is 21.3 Å². The third-order valence-corrected chi connectivity index (χ3v) is 6.22. The van der Waals surface area contributed by atoms with Gasteiger partial charge in [0.2, 0.25) is 5.91 Å². The summed E-state index contributed by atoms with van der Waals surface area (Å²) in [6, 6.07) is 20.4. The van der Waals surface area contributed by atoms with Crippen LogP contribution in [-0.2, 0) is 11.3 Å². The Labute approximate surface area is 159 Å². The average molecular weight is 413 g/mol. The second kappa shape index (κ2) is 7.10. The molecule has 0 saturated carbocycles. The van der Waals surface area contributed by atoms with Crippen LogP contribution < -0.4 is 0 Å². The predicted octanol–water partition coefficient (Wildman–Crippen LogP) is 5.01. The van der Waals surface area contributed by atoms with Gasteiger partial charge in [-0.1, -0.05) is 42.5 Å². The van der Waals surface area contributed by atoms with Gasteiger partial charge >= 0.3 is 0 Å². The van der Waals surface area contributed by atoms with Crippen molar-refractivity contribution in [2.45, 2.75) is 11.9 Å². The standard InChI is InChI=1S/C20H17BrN2OS/c21-17-8-4-5-9-18(17)22-11-10-16(13-22)20-23(19(24)14-25-20)12-15-6-2-1-3-7-15/h1-11,13,20H,12,14H2. The molecule has 3 nitrogen and oxygen atoms in total. The van der Waals surface area contributed by atoms with Gasteiger partial charge in [0.25, 0.3) is 0 Å². The van der Waals surface area contributed by atoms with E-state index in [1.54, 1.807) is 11.8 Å². The Morgan fingerprint density at radius 2 is 1.80 bits per heavy atom. The van der Waals surface area contributed by atoms with Crippen molar-refractivity contribution in [3.63, 3.8) is 0 Å². The molecule has 1 atom stereocenters. The second-order valence-corrected chi connectivity index (χ2v) is 7.90. The molecule has 0 N–H and O–H groups in total. The molecule has 0 spiro atoms. The van der Waals surface area contributed by atoms with E-state index in [-0.39, 0.29) is 11.3 Å². The first-order valence-electron chi connectivity index (χ1n) is 8.10. The van der Waals surface area contributed by atoms with Gasteiger partial charge in [-0.3, -0.25) is 4.79 Å². The van der Waals surface area contributed by atoms with Gasteiger partial charge in [0.15, 0.2) is 0 Å². The molecule has 126 valence electrons. The third kappa shape index (κ3) is 3.39. The minimum Gasteiger partial charge on any atom is -0.322 e. The van der Waals surface area contributed by atoms with Gasteiger partial charge in [-0.05, 0) is 39.7 Å². The highest BCUT2D eigenvalue weighted by atomic mass is 79.9. The molecule has 0 radical (unpaired) electrons. The Balaban J connectivity index is 1.60. The van der Waals surface area contributed by atoms with Crippen LogP contribution in [0.5, 0.6) is 0 Å². The molecule has 5 heteroatoms. The normalized spacial score (nSPS) is 17.2. The quantitative estimate of drug-likeness (QED) is 0.601. The average Bonchev–Trinajstić information content (AvgIpc) is 3.24. The summed E-state index contributed by atoms with van der Waals surface area (Å²) in [6.07, 6.45) is 4.17. The smallest absolute Gasteiger partial charge is 0.234 e. The van der Waals surface area contributed by atoms with E-state index in [9.17, 15) is 4.79 Å². The molecule has 1 fully saturated rings.